The van der Waals surface area contributed by atoms with Crippen molar-refractivity contribution in [3.8, 4) is 46.0 Å². The fourth-order valence-corrected chi connectivity index (χ4v) is 7.81. The van der Waals surface area contributed by atoms with Gasteiger partial charge in [0.15, 0.2) is 11.4 Å². The number of hydrogen-bond donors (Lipinski definition) is 3. The van der Waals surface area contributed by atoms with Gasteiger partial charge in [0, 0.05) is 58.8 Å². The van der Waals surface area contributed by atoms with Crippen molar-refractivity contribution in [3.05, 3.63) is 211 Å². The second-order valence-corrected chi connectivity index (χ2v) is 16.5. The lowest BCUT2D eigenvalue weighted by atomic mass is 10.0. The van der Waals surface area contributed by atoms with Gasteiger partial charge in [-0.3, -0.25) is 14.4 Å². The van der Waals surface area contributed by atoms with Gasteiger partial charge in [-0.05, 0) is 99.9 Å². The minimum absolute atomic E-state index is 0. The maximum atomic E-state index is 13.2. The van der Waals surface area contributed by atoms with Gasteiger partial charge in [0.05, 0.1) is 47.2 Å². The number of halogens is 5. The quantitative estimate of drug-likeness (QED) is 0.102. The first kappa shape index (κ1) is 46.2. The second-order valence-electron chi connectivity index (χ2n) is 14.8. The molecule has 2 amide bonds. The summed E-state index contributed by atoms with van der Waals surface area (Å²) < 4.78 is 60.2. The third kappa shape index (κ3) is 12.2. The zero-order valence-electron chi connectivity index (χ0n) is 41.4. The Bertz CT molecular complexity index is 3250. The van der Waals surface area contributed by atoms with Crippen molar-refractivity contribution in [2.75, 3.05) is 0 Å². The van der Waals surface area contributed by atoms with Gasteiger partial charge >= 0.3 is 5.97 Å². The number of nitrogens with zero attached hydrogens (tertiary/aromatic N) is 6. The zero-order valence-corrected chi connectivity index (χ0v) is 38.5. The Morgan fingerprint density at radius 1 is 0.652 bits per heavy atom. The van der Waals surface area contributed by atoms with Gasteiger partial charge < -0.3 is 15.7 Å². The minimum atomic E-state index is -1.15. The first-order valence-electron chi connectivity index (χ1n) is 23.5. The molecule has 69 heavy (non-hydrogen) atoms. The van der Waals surface area contributed by atoms with Crippen molar-refractivity contribution in [2.45, 2.75) is 33.4 Å². The number of carboxylic acid groups (broad SMARTS) is 1. The third-order valence-corrected chi connectivity index (χ3v) is 11.5. The monoisotopic (exact) mass is 1040 g/mol. The molecule has 3 N–H and O–H groups in total. The van der Waals surface area contributed by atoms with Gasteiger partial charge in [0.2, 0.25) is 0 Å². The first-order chi connectivity index (χ1) is 35.8. The van der Waals surface area contributed by atoms with Crippen LogP contribution in [0, 0.1) is 34.3 Å². The predicted molar refractivity (Wildman–Crippen MR) is 269 cm³/mol. The van der Waals surface area contributed by atoms with Crippen LogP contribution in [-0.2, 0) is 30.7 Å². The molecule has 0 saturated heterocycles. The lowest BCUT2D eigenvalue weighted by Crippen LogP contribution is -2.25. The lowest BCUT2D eigenvalue weighted by molar-refractivity contribution is -0.136. The van der Waals surface area contributed by atoms with Crippen molar-refractivity contribution in [1.29, 1.82) is 10.5 Å². The average Bonchev–Trinajstić information content (AvgIpc) is 3.99. The SMILES string of the molecule is C.N#CCc1c(C(=O)NCc2ccc(F)cc2)nn(-c2ccccc2Br)c1-c1ccc(Cl)cc1.N#Cc1ccccc1-n1nc(C(=O)NCc2ccc(F)cc2)c(CC(=O)O)c1-c1ccc(Cl)cc1.[2H][2H].[2H][2H].[2H][2H]. The number of carboxylic acids is 1. The molecule has 0 aliphatic carbocycles. The molecule has 0 radical (unpaired) electrons. The highest BCUT2D eigenvalue weighted by Crippen LogP contribution is 2.34. The number of carbonyl (C=O) groups excluding carboxylic acids is 2. The summed E-state index contributed by atoms with van der Waals surface area (Å²) >= 11 is 15.7. The highest BCUT2D eigenvalue weighted by Gasteiger charge is 2.28. The van der Waals surface area contributed by atoms with Crippen molar-refractivity contribution in [3.63, 3.8) is 0 Å². The smallest absolute Gasteiger partial charge is 0.307 e. The number of benzene rings is 6. The van der Waals surface area contributed by atoms with E-state index in [1.54, 1.807) is 77.5 Å². The van der Waals surface area contributed by atoms with Crippen LogP contribution in [0.2, 0.25) is 10.0 Å². The van der Waals surface area contributed by atoms with Gasteiger partial charge in [0.1, 0.15) is 17.7 Å². The highest BCUT2D eigenvalue weighted by molar-refractivity contribution is 9.10. The van der Waals surface area contributed by atoms with E-state index < -0.39 is 30.0 Å². The highest BCUT2D eigenvalue weighted by atomic mass is 79.9. The van der Waals surface area contributed by atoms with E-state index in [-0.39, 0.29) is 49.7 Å². The van der Waals surface area contributed by atoms with E-state index in [1.165, 1.54) is 41.1 Å². The van der Waals surface area contributed by atoms with Crippen LogP contribution in [-0.4, -0.2) is 42.5 Å². The van der Waals surface area contributed by atoms with E-state index in [1.807, 2.05) is 36.4 Å². The summed E-state index contributed by atoms with van der Waals surface area (Å²) in [6.45, 7) is 0.285. The van der Waals surface area contributed by atoms with E-state index >= 15 is 0 Å². The Morgan fingerprint density at radius 2 is 1.09 bits per heavy atom. The number of aliphatic carboxylic acids is 1. The van der Waals surface area contributed by atoms with Crippen LogP contribution in [0.4, 0.5) is 8.78 Å². The molecule has 17 heteroatoms. The standard InChI is InChI=1S/C26H18ClFN4O3.C25H17BrClFN4O.CH4.3H2/c27-19-9-7-17(8-10-19)25-21(13-23(33)34)24(26(35)30-15-16-5-11-20(28)12-6-16)31-32(25)22-4-2-1-3-18(22)14-29;26-21-3-1-2-4-22(21)32-24(17-7-9-18(27)10-8-17)20(13-14-29)23(31-32)25(33)30-15-16-5-11-19(28)12-6-16;;;;/h1-12H,13,15H2,(H,30,35)(H,33,34);1-12H,13,15H2,(H,30,33);1H4;3*1H/i;;;3*1+1D. The molecule has 8 aromatic rings. The summed E-state index contributed by atoms with van der Waals surface area (Å²) in [6.07, 6.45) is -0.492. The van der Waals surface area contributed by atoms with Crippen LogP contribution in [0.15, 0.2) is 150 Å². The normalized spacial score (nSPS) is 10.8. The molecular weight excluding hydrogens is 989 g/mol. The number of carbonyl (C=O) groups is 3. The van der Waals surface area contributed by atoms with E-state index in [9.17, 15) is 38.8 Å². The number of para-hydroxylation sites is 2. The predicted octanol–water partition coefficient (Wildman–Crippen LogP) is 12.2. The summed E-state index contributed by atoms with van der Waals surface area (Å²) in [7, 11) is 0. The Kier molecular flexibility index (Phi) is 15.5. The topological polar surface area (TPSA) is 179 Å². The Labute approximate surface area is 423 Å². The van der Waals surface area contributed by atoms with Crippen LogP contribution in [0.3, 0.4) is 0 Å². The molecule has 0 atom stereocenters. The summed E-state index contributed by atoms with van der Waals surface area (Å²) in [4.78, 5) is 38.1. The van der Waals surface area contributed by atoms with Gasteiger partial charge in [-0.1, -0.05) is 103 Å². The van der Waals surface area contributed by atoms with Crippen LogP contribution in [0.25, 0.3) is 33.9 Å². The Hall–Kier alpha value is -7.95. The maximum absolute atomic E-state index is 13.2. The number of hydrogen-bond acceptors (Lipinski definition) is 7. The number of amides is 2. The summed E-state index contributed by atoms with van der Waals surface area (Å²) in [6, 6.07) is 43.8. The molecule has 8 rings (SSSR count). The molecular formula is C52H45BrCl2F2N8O4. The maximum Gasteiger partial charge on any atom is 0.307 e. The molecule has 0 bridgehead atoms. The van der Waals surface area contributed by atoms with Crippen molar-refractivity contribution in [1.82, 2.24) is 30.2 Å². The molecule has 0 spiro atoms. The number of nitrogens with one attached hydrogen (secondary N) is 2. The average molecular weight is 1040 g/mol. The number of rotatable bonds is 13. The van der Waals surface area contributed by atoms with E-state index in [0.717, 1.165) is 21.3 Å². The van der Waals surface area contributed by atoms with E-state index in [2.05, 4.69) is 48.9 Å². The van der Waals surface area contributed by atoms with Crippen LogP contribution >= 0.6 is 39.1 Å². The molecule has 0 aliphatic heterocycles. The third-order valence-electron chi connectivity index (χ3n) is 10.3. The largest absolute Gasteiger partial charge is 0.481 e. The molecule has 352 valence electrons. The summed E-state index contributed by atoms with van der Waals surface area (Å²) in [5, 5.41) is 44.4. The lowest BCUT2D eigenvalue weighted by Gasteiger charge is -2.11. The van der Waals surface area contributed by atoms with E-state index in [0.29, 0.717) is 49.4 Å². The van der Waals surface area contributed by atoms with Gasteiger partial charge in [0.25, 0.3) is 11.8 Å². The summed E-state index contributed by atoms with van der Waals surface area (Å²) in [5.41, 5.74) is 5.90. The van der Waals surface area contributed by atoms with Crippen molar-refractivity contribution < 1.29 is 37.2 Å². The van der Waals surface area contributed by atoms with Gasteiger partial charge in [-0.2, -0.15) is 20.7 Å². The van der Waals surface area contributed by atoms with Crippen LogP contribution in [0.5, 0.6) is 0 Å². The minimum Gasteiger partial charge on any atom is -0.481 e. The zero-order chi connectivity index (χ0) is 54.3. The fourth-order valence-electron chi connectivity index (χ4n) is 7.10. The molecule has 6 aromatic carbocycles. The fraction of sp³-hybridized carbons (Fsp3) is 0.0962. The van der Waals surface area contributed by atoms with Gasteiger partial charge in [-0.15, -0.1) is 0 Å². The van der Waals surface area contributed by atoms with Crippen LogP contribution < -0.4 is 10.6 Å². The Morgan fingerprint density at radius 3 is 1.55 bits per heavy atom. The summed E-state index contributed by atoms with van der Waals surface area (Å²) in [5.74, 6) is -2.92. The van der Waals surface area contributed by atoms with Crippen molar-refractivity contribution in [2.24, 2.45) is 0 Å². The number of nitriles is 2. The second kappa shape index (κ2) is 23.2. The first-order valence-corrected chi connectivity index (χ1v) is 22.0. The molecule has 2 heterocycles. The molecule has 0 saturated carbocycles. The molecule has 0 aliphatic rings. The van der Waals surface area contributed by atoms with Crippen molar-refractivity contribution >= 4 is 56.9 Å². The van der Waals surface area contributed by atoms with E-state index in [4.69, 9.17) is 32.1 Å². The number of aromatic nitrogens is 4. The van der Waals surface area contributed by atoms with Crippen LogP contribution in [0.1, 0.15) is 65.1 Å². The molecule has 0 unspecified atom stereocenters. The molecule has 2 aromatic heterocycles. The Balaban J connectivity index is 0.000000356. The van der Waals surface area contributed by atoms with Gasteiger partial charge in [-0.25, -0.2) is 18.1 Å². The molecule has 12 nitrogen and oxygen atoms in total. The molecule has 0 fully saturated rings.